The van der Waals surface area contributed by atoms with E-state index in [2.05, 4.69) is 5.32 Å². The number of ether oxygens (including phenoxy) is 1. The van der Waals surface area contributed by atoms with Gasteiger partial charge in [0.1, 0.15) is 5.75 Å². The number of rotatable bonds is 8. The summed E-state index contributed by atoms with van der Waals surface area (Å²) in [5, 5.41) is 2.78. The zero-order valence-electron chi connectivity index (χ0n) is 16.5. The highest BCUT2D eigenvalue weighted by molar-refractivity contribution is 7.89. The summed E-state index contributed by atoms with van der Waals surface area (Å²) in [5.41, 5.74) is 1.62. The number of methoxy groups -OCH3 is 1. The maximum Gasteiger partial charge on any atom is 0.244 e. The van der Waals surface area contributed by atoms with Crippen LogP contribution in [0.4, 0.5) is 0 Å². The highest BCUT2D eigenvalue weighted by Gasteiger charge is 2.22. The first-order chi connectivity index (χ1) is 13.3. The van der Waals surface area contributed by atoms with Crippen molar-refractivity contribution >= 4 is 22.0 Å². The molecule has 2 rings (SSSR count). The number of benzene rings is 2. The lowest BCUT2D eigenvalue weighted by Gasteiger charge is -2.21. The van der Waals surface area contributed by atoms with E-state index < -0.39 is 10.0 Å². The molecule has 1 N–H and O–H groups in total. The van der Waals surface area contributed by atoms with E-state index in [0.717, 1.165) is 11.1 Å². The Labute approximate surface area is 166 Å². The quantitative estimate of drug-likeness (QED) is 0.689. The molecule has 0 aliphatic carbocycles. The van der Waals surface area contributed by atoms with Gasteiger partial charge in [-0.1, -0.05) is 30.3 Å². The Balaban J connectivity index is 1.98. The standard InChI is InChI=1S/C21H26N2O4S/c1-16(2)23(3)28(25,26)19-12-9-17(10-13-19)15-22-21(24)14-11-18-7-5-6-8-20(18)27-4/h5-14,16H,15H2,1-4H3,(H,22,24). The maximum absolute atomic E-state index is 12.5. The average molecular weight is 403 g/mol. The van der Waals surface area contributed by atoms with E-state index in [0.29, 0.717) is 12.3 Å². The van der Waals surface area contributed by atoms with Crippen molar-refractivity contribution in [3.8, 4) is 5.75 Å². The Morgan fingerprint density at radius 2 is 1.79 bits per heavy atom. The van der Waals surface area contributed by atoms with Gasteiger partial charge in [-0.15, -0.1) is 0 Å². The molecule has 0 radical (unpaired) electrons. The SMILES string of the molecule is COc1ccccc1C=CC(=O)NCc1ccc(S(=O)(=O)N(C)C(C)C)cc1. The van der Waals surface area contributed by atoms with E-state index in [1.54, 1.807) is 44.5 Å². The van der Waals surface area contributed by atoms with Crippen LogP contribution in [0.5, 0.6) is 5.75 Å². The summed E-state index contributed by atoms with van der Waals surface area (Å²) in [7, 11) is -0.373. The maximum atomic E-state index is 12.5. The Hall–Kier alpha value is -2.64. The van der Waals surface area contributed by atoms with Crippen LogP contribution in [0, 0.1) is 0 Å². The third-order valence-electron chi connectivity index (χ3n) is 4.35. The molecule has 0 unspecified atom stereocenters. The number of carbonyl (C=O) groups excluding carboxylic acids is 1. The molecule has 150 valence electrons. The molecule has 0 atom stereocenters. The van der Waals surface area contributed by atoms with Crippen LogP contribution in [-0.4, -0.2) is 38.8 Å². The molecule has 0 aromatic heterocycles. The Bertz CT molecular complexity index is 935. The summed E-state index contributed by atoms with van der Waals surface area (Å²) in [6, 6.07) is 13.8. The molecule has 0 aliphatic heterocycles. The average Bonchev–Trinajstić information content (AvgIpc) is 2.70. The molecule has 0 fully saturated rings. The Morgan fingerprint density at radius 1 is 1.14 bits per heavy atom. The predicted octanol–water partition coefficient (Wildman–Crippen LogP) is 3.05. The second-order valence-electron chi connectivity index (χ2n) is 6.55. The summed E-state index contributed by atoms with van der Waals surface area (Å²) in [6.45, 7) is 3.94. The second kappa shape index (κ2) is 9.52. The number of hydrogen-bond donors (Lipinski definition) is 1. The molecule has 1 amide bonds. The van der Waals surface area contributed by atoms with Gasteiger partial charge in [0.15, 0.2) is 0 Å². The molecule has 7 heteroatoms. The molecule has 0 aliphatic rings. The normalized spacial score (nSPS) is 11.9. The van der Waals surface area contributed by atoms with Gasteiger partial charge in [-0.25, -0.2) is 8.42 Å². The van der Waals surface area contributed by atoms with Crippen LogP contribution in [0.25, 0.3) is 6.08 Å². The molecular formula is C21H26N2O4S. The summed E-state index contributed by atoms with van der Waals surface area (Å²) < 4.78 is 31.5. The van der Waals surface area contributed by atoms with Crippen LogP contribution in [0.2, 0.25) is 0 Å². The van der Waals surface area contributed by atoms with Gasteiger partial charge in [-0.3, -0.25) is 4.79 Å². The highest BCUT2D eigenvalue weighted by atomic mass is 32.2. The van der Waals surface area contributed by atoms with Gasteiger partial charge in [-0.2, -0.15) is 4.31 Å². The van der Waals surface area contributed by atoms with E-state index in [1.165, 1.54) is 10.4 Å². The molecule has 0 heterocycles. The Morgan fingerprint density at radius 3 is 2.39 bits per heavy atom. The first kappa shape index (κ1) is 21.7. The third-order valence-corrected chi connectivity index (χ3v) is 6.40. The van der Waals surface area contributed by atoms with Crippen molar-refractivity contribution in [3.63, 3.8) is 0 Å². The van der Waals surface area contributed by atoms with Crippen molar-refractivity contribution in [2.24, 2.45) is 0 Å². The van der Waals surface area contributed by atoms with Gasteiger partial charge in [-0.05, 0) is 43.7 Å². The molecule has 0 saturated carbocycles. The minimum Gasteiger partial charge on any atom is -0.496 e. The van der Waals surface area contributed by atoms with E-state index >= 15 is 0 Å². The summed E-state index contributed by atoms with van der Waals surface area (Å²) in [5.74, 6) is 0.442. The molecule has 0 bridgehead atoms. The highest BCUT2D eigenvalue weighted by Crippen LogP contribution is 2.19. The number of carbonyl (C=O) groups is 1. The molecule has 0 spiro atoms. The van der Waals surface area contributed by atoms with E-state index in [1.807, 2.05) is 38.1 Å². The largest absolute Gasteiger partial charge is 0.496 e. The van der Waals surface area contributed by atoms with Crippen LogP contribution in [0.3, 0.4) is 0 Å². The van der Waals surface area contributed by atoms with Crippen molar-refractivity contribution in [2.45, 2.75) is 31.3 Å². The van der Waals surface area contributed by atoms with E-state index in [-0.39, 0.29) is 16.8 Å². The Kier molecular flexibility index (Phi) is 7.37. The van der Waals surface area contributed by atoms with Crippen LogP contribution >= 0.6 is 0 Å². The molecule has 2 aromatic rings. The van der Waals surface area contributed by atoms with Crippen LogP contribution < -0.4 is 10.1 Å². The monoisotopic (exact) mass is 402 g/mol. The molecule has 28 heavy (non-hydrogen) atoms. The zero-order valence-corrected chi connectivity index (χ0v) is 17.4. The number of nitrogens with zero attached hydrogens (tertiary/aromatic N) is 1. The van der Waals surface area contributed by atoms with Gasteiger partial charge in [0.25, 0.3) is 0 Å². The third kappa shape index (κ3) is 5.43. The molecule has 2 aromatic carbocycles. The van der Waals surface area contributed by atoms with Crippen LogP contribution in [0.1, 0.15) is 25.0 Å². The lowest BCUT2D eigenvalue weighted by molar-refractivity contribution is -0.116. The number of hydrogen-bond acceptors (Lipinski definition) is 4. The minimum atomic E-state index is -3.51. The molecular weight excluding hydrogens is 376 g/mol. The second-order valence-corrected chi connectivity index (χ2v) is 8.55. The van der Waals surface area contributed by atoms with E-state index in [9.17, 15) is 13.2 Å². The number of amides is 1. The van der Waals surface area contributed by atoms with Crippen LogP contribution in [0.15, 0.2) is 59.5 Å². The van der Waals surface area contributed by atoms with Gasteiger partial charge in [0, 0.05) is 31.3 Å². The lowest BCUT2D eigenvalue weighted by Crippen LogP contribution is -2.33. The topological polar surface area (TPSA) is 75.7 Å². The summed E-state index contributed by atoms with van der Waals surface area (Å²) in [6.07, 6.45) is 3.12. The fourth-order valence-corrected chi connectivity index (χ4v) is 3.81. The van der Waals surface area contributed by atoms with Gasteiger partial charge in [0.05, 0.1) is 12.0 Å². The van der Waals surface area contributed by atoms with Gasteiger partial charge < -0.3 is 10.1 Å². The van der Waals surface area contributed by atoms with Gasteiger partial charge in [0.2, 0.25) is 15.9 Å². The first-order valence-electron chi connectivity index (χ1n) is 8.91. The molecule has 0 saturated heterocycles. The van der Waals surface area contributed by atoms with Crippen molar-refractivity contribution in [1.82, 2.24) is 9.62 Å². The number of sulfonamides is 1. The smallest absolute Gasteiger partial charge is 0.244 e. The fraction of sp³-hybridized carbons (Fsp3) is 0.286. The van der Waals surface area contributed by atoms with Crippen molar-refractivity contribution < 1.29 is 17.9 Å². The van der Waals surface area contributed by atoms with Crippen molar-refractivity contribution in [3.05, 3.63) is 65.7 Å². The van der Waals surface area contributed by atoms with Crippen molar-refractivity contribution in [1.29, 1.82) is 0 Å². The van der Waals surface area contributed by atoms with Crippen molar-refractivity contribution in [2.75, 3.05) is 14.2 Å². The summed E-state index contributed by atoms with van der Waals surface area (Å²) >= 11 is 0. The lowest BCUT2D eigenvalue weighted by atomic mass is 10.2. The number of para-hydroxylation sites is 1. The summed E-state index contributed by atoms with van der Waals surface area (Å²) in [4.78, 5) is 12.3. The first-order valence-corrected chi connectivity index (χ1v) is 10.4. The van der Waals surface area contributed by atoms with Crippen LogP contribution in [-0.2, 0) is 21.4 Å². The zero-order chi connectivity index (χ0) is 20.7. The number of nitrogens with one attached hydrogen (secondary N) is 1. The predicted molar refractivity (Wildman–Crippen MR) is 110 cm³/mol. The fourth-order valence-electron chi connectivity index (χ4n) is 2.44. The minimum absolute atomic E-state index is 0.126. The van der Waals surface area contributed by atoms with E-state index in [4.69, 9.17) is 4.74 Å². The molecule has 6 nitrogen and oxygen atoms in total. The van der Waals surface area contributed by atoms with Gasteiger partial charge >= 0.3 is 0 Å².